The average Bonchev–Trinajstić information content (AvgIpc) is 3.50. The molecule has 1 aliphatic heterocycles. The topological polar surface area (TPSA) is 156 Å². The molecule has 3 unspecified atom stereocenters. The van der Waals surface area contributed by atoms with E-state index in [1.165, 1.54) is 0 Å². The van der Waals surface area contributed by atoms with Crippen LogP contribution in [0.2, 0.25) is 0 Å². The molecule has 1 aliphatic carbocycles. The number of carbonyl (C=O) groups is 1. The minimum Gasteiger partial charge on any atom is -0.405 e. The fourth-order valence-electron chi connectivity index (χ4n) is 4.46. The molecule has 5 rings (SSSR count). The predicted molar refractivity (Wildman–Crippen MR) is 144 cm³/mol. The first-order valence-corrected chi connectivity index (χ1v) is 13.1. The number of hydrogen-bond donors (Lipinski definition) is 6. The molecule has 2 aromatic carbocycles. The first kappa shape index (κ1) is 27.3. The van der Waals surface area contributed by atoms with Crippen LogP contribution in [0.15, 0.2) is 59.6 Å². The van der Waals surface area contributed by atoms with Gasteiger partial charge in [-0.3, -0.25) is 15.6 Å². The van der Waals surface area contributed by atoms with Crippen LogP contribution in [0.25, 0.3) is 0 Å². The fraction of sp³-hybridized carbons (Fsp3) is 0.269. The lowest BCUT2D eigenvalue weighted by molar-refractivity contribution is -0.137. The van der Waals surface area contributed by atoms with Crippen molar-refractivity contribution in [2.24, 2.45) is 4.99 Å². The molecule has 0 spiro atoms. The molecule has 14 heteroatoms. The van der Waals surface area contributed by atoms with Crippen molar-refractivity contribution in [3.63, 3.8) is 0 Å². The van der Waals surface area contributed by atoms with Gasteiger partial charge >= 0.3 is 6.18 Å². The number of benzodiazepines with no additional fused rings is 1. The molecule has 1 saturated carbocycles. The Kier molecular flexibility index (Phi) is 7.54. The second-order valence-electron chi connectivity index (χ2n) is 9.13. The normalized spacial score (nSPS) is 20.6. The van der Waals surface area contributed by atoms with Crippen LogP contribution in [-0.4, -0.2) is 51.9 Å². The summed E-state index contributed by atoms with van der Waals surface area (Å²) in [5.41, 5.74) is 1.87. The van der Waals surface area contributed by atoms with Gasteiger partial charge in [-0.05, 0) is 25.3 Å². The van der Waals surface area contributed by atoms with Crippen molar-refractivity contribution in [1.29, 1.82) is 10.8 Å². The van der Waals surface area contributed by atoms with Crippen LogP contribution >= 0.6 is 11.3 Å². The van der Waals surface area contributed by atoms with Gasteiger partial charge in [0.05, 0.1) is 23.5 Å². The number of benzene rings is 2. The van der Waals surface area contributed by atoms with E-state index in [0.29, 0.717) is 41.8 Å². The Morgan fingerprint density at radius 1 is 1.10 bits per heavy atom. The molecule has 2 aliphatic rings. The molecule has 2 heterocycles. The quantitative estimate of drug-likeness (QED) is 0.200. The zero-order chi connectivity index (χ0) is 28.4. The Bertz CT molecular complexity index is 1480. The maximum atomic E-state index is 13.4. The highest BCUT2D eigenvalue weighted by Crippen LogP contribution is 2.38. The van der Waals surface area contributed by atoms with Gasteiger partial charge in [0.1, 0.15) is 5.00 Å². The van der Waals surface area contributed by atoms with Crippen molar-refractivity contribution < 1.29 is 27.8 Å². The number of anilines is 2. The highest BCUT2D eigenvalue weighted by Gasteiger charge is 2.38. The minimum atomic E-state index is -4.77. The van der Waals surface area contributed by atoms with E-state index in [9.17, 15) is 23.1 Å². The van der Waals surface area contributed by atoms with Gasteiger partial charge in [0.25, 0.3) is 11.9 Å². The third-order valence-corrected chi connectivity index (χ3v) is 7.38. The van der Waals surface area contributed by atoms with Crippen molar-refractivity contribution in [3.8, 4) is 0 Å². The van der Waals surface area contributed by atoms with Crippen molar-refractivity contribution >= 4 is 45.6 Å². The minimum absolute atomic E-state index is 0.108. The lowest BCUT2D eigenvalue weighted by atomic mass is 10.0. The van der Waals surface area contributed by atoms with Crippen molar-refractivity contribution in [1.82, 2.24) is 10.3 Å². The number of amidine groups is 1. The number of halogens is 3. The smallest absolute Gasteiger partial charge is 0.405 e. The maximum absolute atomic E-state index is 13.4. The van der Waals surface area contributed by atoms with E-state index in [4.69, 9.17) is 15.6 Å². The third kappa shape index (κ3) is 5.82. The van der Waals surface area contributed by atoms with E-state index in [1.807, 2.05) is 30.3 Å². The van der Waals surface area contributed by atoms with Crippen LogP contribution in [0.3, 0.4) is 0 Å². The van der Waals surface area contributed by atoms with Gasteiger partial charge in [-0.15, -0.1) is 0 Å². The van der Waals surface area contributed by atoms with Gasteiger partial charge in [0.2, 0.25) is 17.1 Å². The number of aliphatic hydroxyl groups excluding tert-OH is 1. The Balaban J connectivity index is 1.37. The number of ether oxygens (including phenoxy) is 1. The van der Waals surface area contributed by atoms with E-state index in [2.05, 4.69) is 25.9 Å². The number of amides is 1. The number of fused-ring (bicyclic) bond motifs is 1. The molecule has 208 valence electrons. The summed E-state index contributed by atoms with van der Waals surface area (Å²) in [6.45, 7) is 0. The number of carbonyl (C=O) groups excluding carboxylic acids is 1. The molecule has 0 saturated heterocycles. The van der Waals surface area contributed by atoms with Crippen LogP contribution in [0.5, 0.6) is 0 Å². The van der Waals surface area contributed by atoms with Gasteiger partial charge in [-0.25, -0.2) is 9.98 Å². The first-order chi connectivity index (χ1) is 19.1. The molecule has 3 aromatic rings. The molecule has 10 nitrogen and oxygen atoms in total. The average molecular weight is 572 g/mol. The molecule has 1 aromatic heterocycles. The zero-order valence-corrected chi connectivity index (χ0v) is 21.6. The molecule has 1 fully saturated rings. The summed E-state index contributed by atoms with van der Waals surface area (Å²) in [5, 5.41) is 33.4. The van der Waals surface area contributed by atoms with Crippen LogP contribution in [-0.2, 0) is 15.7 Å². The Labute approximate surface area is 230 Å². The van der Waals surface area contributed by atoms with Gasteiger partial charge in [-0.1, -0.05) is 59.9 Å². The number of hydrogen-bond acceptors (Lipinski definition) is 9. The summed E-state index contributed by atoms with van der Waals surface area (Å²) in [4.78, 5) is 21.0. The van der Waals surface area contributed by atoms with Crippen LogP contribution in [0.1, 0.15) is 41.1 Å². The zero-order valence-electron chi connectivity index (χ0n) is 20.7. The second-order valence-corrected chi connectivity index (χ2v) is 10.1. The first-order valence-electron chi connectivity index (χ1n) is 12.3. The highest BCUT2D eigenvalue weighted by molar-refractivity contribution is 7.16. The molecule has 40 heavy (non-hydrogen) atoms. The maximum Gasteiger partial charge on any atom is 0.443 e. The van der Waals surface area contributed by atoms with E-state index in [1.54, 1.807) is 24.3 Å². The van der Waals surface area contributed by atoms with Gasteiger partial charge in [-0.2, -0.15) is 13.2 Å². The number of rotatable bonds is 5. The molecular weight excluding hydrogens is 547 g/mol. The molecule has 1 amide bonds. The monoisotopic (exact) mass is 571 g/mol. The van der Waals surface area contributed by atoms with Gasteiger partial charge < -0.3 is 25.8 Å². The van der Waals surface area contributed by atoms with Crippen molar-refractivity contribution in [3.05, 3.63) is 76.4 Å². The summed E-state index contributed by atoms with van der Waals surface area (Å²) >= 11 is 0.284. The largest absolute Gasteiger partial charge is 0.443 e. The Hall–Kier alpha value is -4.30. The number of aliphatic hydroxyl groups is 1. The number of nitrogens with zero attached hydrogens (tertiary/aromatic N) is 2. The van der Waals surface area contributed by atoms with Crippen LogP contribution in [0, 0.1) is 10.8 Å². The van der Waals surface area contributed by atoms with E-state index in [0.717, 1.165) is 0 Å². The number of aliphatic imine (C=N–C) groups is 1. The Morgan fingerprint density at radius 3 is 2.52 bits per heavy atom. The van der Waals surface area contributed by atoms with Gasteiger partial charge in [0.15, 0.2) is 5.69 Å². The summed E-state index contributed by atoms with van der Waals surface area (Å²) < 4.78 is 45.5. The fourth-order valence-corrected chi connectivity index (χ4v) is 5.35. The van der Waals surface area contributed by atoms with E-state index in [-0.39, 0.29) is 16.3 Å². The van der Waals surface area contributed by atoms with E-state index >= 15 is 0 Å². The summed E-state index contributed by atoms with van der Waals surface area (Å²) in [5.74, 6) is -1.45. The number of thiazole rings is 1. The number of nitrogens with one attached hydrogen (secondary N) is 5. The standard InChI is InChI=1S/C26H24F3N7O3S/c27-26(28,29)24-35-19(23(40-24)33-16-11-6-12-17(16)37)20(30)39-25(31)36-21-22(38)32-15-10-5-4-9-14(15)18(34-21)13-7-2-1-3-8-13/h1-5,7-10,16-17,21,30,33,37H,6,11-12H2,(H2,31,36)(H,32,38). The number of para-hydroxylation sites is 1. The lowest BCUT2D eigenvalue weighted by Gasteiger charge is -2.18. The molecular formula is C26H24F3N7O3S. The highest BCUT2D eigenvalue weighted by atomic mass is 32.1. The third-order valence-electron chi connectivity index (χ3n) is 6.35. The van der Waals surface area contributed by atoms with Crippen LogP contribution in [0.4, 0.5) is 23.9 Å². The predicted octanol–water partition coefficient (Wildman–Crippen LogP) is 4.17. The number of aromatic nitrogens is 1. The summed E-state index contributed by atoms with van der Waals surface area (Å²) in [6, 6.07) is 14.8. The summed E-state index contributed by atoms with van der Waals surface area (Å²) in [6.07, 6.45) is -5.15. The molecule has 6 N–H and O–H groups in total. The lowest BCUT2D eigenvalue weighted by Crippen LogP contribution is -2.43. The Morgan fingerprint density at radius 2 is 1.82 bits per heavy atom. The molecule has 0 bridgehead atoms. The van der Waals surface area contributed by atoms with Crippen molar-refractivity contribution in [2.75, 3.05) is 10.6 Å². The molecule has 0 radical (unpaired) electrons. The summed E-state index contributed by atoms with van der Waals surface area (Å²) in [7, 11) is 0. The number of alkyl halides is 3. The van der Waals surface area contributed by atoms with Crippen molar-refractivity contribution in [2.45, 2.75) is 43.8 Å². The molecule has 3 atom stereocenters. The second kappa shape index (κ2) is 11.1. The van der Waals surface area contributed by atoms with Crippen LogP contribution < -0.4 is 16.0 Å². The van der Waals surface area contributed by atoms with E-state index < -0.39 is 53.0 Å². The van der Waals surface area contributed by atoms with Gasteiger partial charge in [0, 0.05) is 11.1 Å². The SMILES string of the molecule is N=C(NC1N=C(c2ccccc2)c2ccccc2NC1=O)OC(=N)c1nc(C(F)(F)F)sc1NC1CCCC1O.